The topological polar surface area (TPSA) is 109 Å². The molecule has 0 aromatic carbocycles. The third kappa shape index (κ3) is 3.69. The van der Waals surface area contributed by atoms with Crippen LogP contribution in [0.1, 0.15) is 50.1 Å². The highest BCUT2D eigenvalue weighted by molar-refractivity contribution is 5.92. The van der Waals surface area contributed by atoms with Crippen molar-refractivity contribution in [3.05, 3.63) is 5.69 Å². The van der Waals surface area contributed by atoms with Gasteiger partial charge in [-0.15, -0.1) is 5.10 Å². The molecule has 1 heterocycles. The fraction of sp³-hybridized carbons (Fsp3) is 0.667. The molecule has 112 valence electrons. The van der Waals surface area contributed by atoms with Crippen LogP contribution < -0.4 is 5.73 Å². The molecule has 0 bridgehead atoms. The molecule has 0 radical (unpaired) electrons. The van der Waals surface area contributed by atoms with Crippen molar-refractivity contribution in [2.24, 2.45) is 0 Å². The Morgan fingerprint density at radius 2 is 2.05 bits per heavy atom. The lowest BCUT2D eigenvalue weighted by Crippen LogP contribution is -2.22. The summed E-state index contributed by atoms with van der Waals surface area (Å²) in [6.07, 6.45) is 1.72. The summed E-state index contributed by atoms with van der Waals surface area (Å²) >= 11 is 0. The van der Waals surface area contributed by atoms with Gasteiger partial charge in [-0.25, -0.2) is 14.3 Å². The lowest BCUT2D eigenvalue weighted by molar-refractivity contribution is -0.147. The van der Waals surface area contributed by atoms with E-state index in [1.807, 2.05) is 6.92 Å². The van der Waals surface area contributed by atoms with Crippen LogP contribution in [-0.2, 0) is 14.3 Å². The Bertz CT molecular complexity index is 472. The lowest BCUT2D eigenvalue weighted by Gasteiger charge is -2.12. The fourth-order valence-corrected chi connectivity index (χ4v) is 1.47. The van der Waals surface area contributed by atoms with Crippen molar-refractivity contribution in [2.45, 2.75) is 39.7 Å². The fourth-order valence-electron chi connectivity index (χ4n) is 1.47. The number of hydrogen-bond donors (Lipinski definition) is 1. The molecular weight excluding hydrogens is 264 g/mol. The Balaban J connectivity index is 2.76. The summed E-state index contributed by atoms with van der Waals surface area (Å²) in [5, 5.41) is 7.35. The minimum atomic E-state index is -0.748. The highest BCUT2D eigenvalue weighted by atomic mass is 16.5. The van der Waals surface area contributed by atoms with E-state index in [1.165, 1.54) is 0 Å². The quantitative estimate of drug-likeness (QED) is 0.586. The average Bonchev–Trinajstić information content (AvgIpc) is 2.80. The lowest BCUT2D eigenvalue weighted by atomic mass is 10.3. The van der Waals surface area contributed by atoms with Gasteiger partial charge in [-0.05, 0) is 20.3 Å². The first-order valence-corrected chi connectivity index (χ1v) is 6.57. The second kappa shape index (κ2) is 7.46. The highest BCUT2D eigenvalue weighted by Gasteiger charge is 2.25. The smallest absolute Gasteiger partial charge is 0.362 e. The van der Waals surface area contributed by atoms with E-state index in [2.05, 4.69) is 10.3 Å². The molecule has 2 N–H and O–H groups in total. The van der Waals surface area contributed by atoms with Gasteiger partial charge in [0.05, 0.1) is 13.2 Å². The van der Waals surface area contributed by atoms with Crippen molar-refractivity contribution in [1.82, 2.24) is 15.0 Å². The maximum Gasteiger partial charge on any atom is 0.362 e. The molecule has 0 fully saturated rings. The number of carbonyl (C=O) groups excluding carboxylic acids is 2. The first-order valence-electron chi connectivity index (χ1n) is 6.57. The number of ether oxygens (including phenoxy) is 2. The summed E-state index contributed by atoms with van der Waals surface area (Å²) in [6.45, 7) is 5.80. The van der Waals surface area contributed by atoms with E-state index in [0.717, 1.165) is 17.5 Å². The molecule has 0 amide bonds. The molecular formula is C12H20N4O4. The van der Waals surface area contributed by atoms with Crippen LogP contribution in [0.4, 0.5) is 5.82 Å². The van der Waals surface area contributed by atoms with Crippen LogP contribution in [0.15, 0.2) is 0 Å². The number of nitrogen functional groups attached to an aromatic ring is 1. The number of unbranched alkanes of at least 4 members (excludes halogenated alkanes) is 1. The summed E-state index contributed by atoms with van der Waals surface area (Å²) in [4.78, 5) is 23.3. The number of esters is 2. The third-order valence-corrected chi connectivity index (χ3v) is 2.65. The van der Waals surface area contributed by atoms with E-state index < -0.39 is 18.0 Å². The molecule has 0 saturated carbocycles. The second-order valence-electron chi connectivity index (χ2n) is 4.19. The van der Waals surface area contributed by atoms with Crippen molar-refractivity contribution in [3.8, 4) is 0 Å². The molecule has 0 saturated heterocycles. The predicted molar refractivity (Wildman–Crippen MR) is 71.0 cm³/mol. The van der Waals surface area contributed by atoms with Crippen LogP contribution >= 0.6 is 0 Å². The van der Waals surface area contributed by atoms with E-state index in [4.69, 9.17) is 15.2 Å². The Morgan fingerprint density at radius 1 is 1.35 bits per heavy atom. The highest BCUT2D eigenvalue weighted by Crippen LogP contribution is 2.16. The summed E-state index contributed by atoms with van der Waals surface area (Å²) < 4.78 is 11.0. The maximum absolute atomic E-state index is 11.8. The van der Waals surface area contributed by atoms with Crippen molar-refractivity contribution < 1.29 is 19.1 Å². The van der Waals surface area contributed by atoms with Gasteiger partial charge in [0.2, 0.25) is 5.69 Å². The van der Waals surface area contributed by atoms with Crippen molar-refractivity contribution in [1.29, 1.82) is 0 Å². The Labute approximate surface area is 117 Å². The van der Waals surface area contributed by atoms with Gasteiger partial charge in [-0.2, -0.15) is 0 Å². The number of rotatable bonds is 7. The average molecular weight is 284 g/mol. The summed E-state index contributed by atoms with van der Waals surface area (Å²) in [7, 11) is 0. The number of nitrogens with two attached hydrogens (primary N) is 1. The minimum Gasteiger partial charge on any atom is -0.464 e. The number of anilines is 1. The van der Waals surface area contributed by atoms with E-state index in [-0.39, 0.29) is 18.1 Å². The van der Waals surface area contributed by atoms with Gasteiger partial charge >= 0.3 is 11.9 Å². The van der Waals surface area contributed by atoms with E-state index in [9.17, 15) is 9.59 Å². The van der Waals surface area contributed by atoms with Gasteiger partial charge in [-0.1, -0.05) is 18.6 Å². The summed E-state index contributed by atoms with van der Waals surface area (Å²) in [6, 6.07) is -0.748. The van der Waals surface area contributed by atoms with Crippen LogP contribution in [0.2, 0.25) is 0 Å². The molecule has 0 aliphatic heterocycles. The Kier molecular flexibility index (Phi) is 5.95. The molecule has 1 unspecified atom stereocenters. The van der Waals surface area contributed by atoms with Crippen LogP contribution in [0.3, 0.4) is 0 Å². The van der Waals surface area contributed by atoms with Gasteiger partial charge in [0.15, 0.2) is 11.9 Å². The van der Waals surface area contributed by atoms with Gasteiger partial charge < -0.3 is 15.2 Å². The second-order valence-corrected chi connectivity index (χ2v) is 4.19. The number of nitrogens with zero attached hydrogens (tertiary/aromatic N) is 3. The molecule has 1 atom stereocenters. The monoisotopic (exact) mass is 284 g/mol. The minimum absolute atomic E-state index is 0.0107. The van der Waals surface area contributed by atoms with Crippen molar-refractivity contribution in [3.63, 3.8) is 0 Å². The Morgan fingerprint density at radius 3 is 2.65 bits per heavy atom. The third-order valence-electron chi connectivity index (χ3n) is 2.65. The molecule has 0 aliphatic rings. The van der Waals surface area contributed by atoms with Crippen LogP contribution in [-0.4, -0.2) is 40.1 Å². The van der Waals surface area contributed by atoms with Gasteiger partial charge in [-0.3, -0.25) is 0 Å². The molecule has 20 heavy (non-hydrogen) atoms. The number of aromatic nitrogens is 3. The number of carbonyl (C=O) groups is 2. The van der Waals surface area contributed by atoms with Crippen molar-refractivity contribution >= 4 is 17.8 Å². The van der Waals surface area contributed by atoms with E-state index in [1.54, 1.807) is 13.8 Å². The SMILES string of the molecule is CCCCOC(=O)C(C)n1nnc(C(=O)OCC)c1N. The van der Waals surface area contributed by atoms with Crippen LogP contribution in [0.5, 0.6) is 0 Å². The summed E-state index contributed by atoms with van der Waals surface area (Å²) in [5.74, 6) is -1.14. The molecule has 1 rings (SSSR count). The molecule has 0 spiro atoms. The van der Waals surface area contributed by atoms with Gasteiger partial charge in [0.1, 0.15) is 0 Å². The molecule has 8 nitrogen and oxygen atoms in total. The normalized spacial score (nSPS) is 11.9. The molecule has 1 aromatic rings. The zero-order valence-electron chi connectivity index (χ0n) is 12.0. The standard InChI is InChI=1S/C12H20N4O4/c1-4-6-7-20-11(17)8(3)16-10(13)9(14-15-16)12(18)19-5-2/h8H,4-7,13H2,1-3H3. The maximum atomic E-state index is 11.8. The van der Waals surface area contributed by atoms with Crippen molar-refractivity contribution in [2.75, 3.05) is 18.9 Å². The zero-order chi connectivity index (χ0) is 15.1. The summed E-state index contributed by atoms with van der Waals surface area (Å²) in [5.41, 5.74) is 5.66. The molecule has 8 heteroatoms. The predicted octanol–water partition coefficient (Wildman–Crippen LogP) is 0.941. The van der Waals surface area contributed by atoms with E-state index in [0.29, 0.717) is 6.61 Å². The van der Waals surface area contributed by atoms with Crippen LogP contribution in [0, 0.1) is 0 Å². The van der Waals surface area contributed by atoms with Gasteiger partial charge in [0, 0.05) is 0 Å². The Hall–Kier alpha value is -2.12. The largest absolute Gasteiger partial charge is 0.464 e. The van der Waals surface area contributed by atoms with Gasteiger partial charge in [0.25, 0.3) is 0 Å². The zero-order valence-corrected chi connectivity index (χ0v) is 12.0. The molecule has 0 aliphatic carbocycles. The number of hydrogen-bond acceptors (Lipinski definition) is 7. The first-order chi connectivity index (χ1) is 9.52. The van der Waals surface area contributed by atoms with E-state index >= 15 is 0 Å². The van der Waals surface area contributed by atoms with Crippen LogP contribution in [0.25, 0.3) is 0 Å². The molecule has 1 aromatic heterocycles. The first kappa shape index (κ1) is 15.9.